The van der Waals surface area contributed by atoms with Gasteiger partial charge in [-0.3, -0.25) is 0 Å². The molecule has 0 saturated heterocycles. The minimum Gasteiger partial charge on any atom is -0.493 e. The van der Waals surface area contributed by atoms with Gasteiger partial charge in [0.25, 0.3) is 0 Å². The molecular formula is C15H24BrNO2. The molecule has 1 rings (SSSR count). The zero-order chi connectivity index (χ0) is 14.3. The summed E-state index contributed by atoms with van der Waals surface area (Å²) in [5.74, 6) is 1.61. The third-order valence-electron chi connectivity index (χ3n) is 2.81. The topological polar surface area (TPSA) is 21.7 Å². The van der Waals surface area contributed by atoms with E-state index in [1.807, 2.05) is 0 Å². The van der Waals surface area contributed by atoms with Crippen LogP contribution >= 0.6 is 15.9 Å². The molecule has 0 radical (unpaired) electrons. The molecule has 0 spiro atoms. The van der Waals surface area contributed by atoms with Crippen molar-refractivity contribution in [2.24, 2.45) is 0 Å². The summed E-state index contributed by atoms with van der Waals surface area (Å²) in [6.07, 6.45) is 3.17. The predicted molar refractivity (Wildman–Crippen MR) is 83.4 cm³/mol. The van der Waals surface area contributed by atoms with Gasteiger partial charge in [-0.05, 0) is 73.5 Å². The highest BCUT2D eigenvalue weighted by molar-refractivity contribution is 9.10. The Bertz CT molecular complexity index is 394. The fourth-order valence-corrected chi connectivity index (χ4v) is 2.47. The van der Waals surface area contributed by atoms with E-state index in [1.165, 1.54) is 5.56 Å². The molecule has 0 aromatic heterocycles. The molecule has 0 aliphatic rings. The van der Waals surface area contributed by atoms with Gasteiger partial charge in [-0.1, -0.05) is 6.92 Å². The van der Waals surface area contributed by atoms with Gasteiger partial charge in [0, 0.05) is 0 Å². The van der Waals surface area contributed by atoms with Gasteiger partial charge in [-0.15, -0.1) is 0 Å². The molecule has 108 valence electrons. The lowest BCUT2D eigenvalue weighted by atomic mass is 10.1. The van der Waals surface area contributed by atoms with Crippen LogP contribution in [0.25, 0.3) is 0 Å². The Labute approximate surface area is 125 Å². The first-order valence-electron chi connectivity index (χ1n) is 6.72. The highest BCUT2D eigenvalue weighted by Crippen LogP contribution is 2.37. The zero-order valence-electron chi connectivity index (χ0n) is 12.3. The maximum Gasteiger partial charge on any atom is 0.175 e. The first-order chi connectivity index (χ1) is 9.08. The van der Waals surface area contributed by atoms with Crippen LogP contribution < -0.4 is 9.47 Å². The molecule has 19 heavy (non-hydrogen) atoms. The smallest absolute Gasteiger partial charge is 0.175 e. The number of hydrogen-bond donors (Lipinski definition) is 0. The first kappa shape index (κ1) is 16.3. The Morgan fingerprint density at radius 1 is 1.26 bits per heavy atom. The predicted octanol–water partition coefficient (Wildman–Crippen LogP) is 3.74. The summed E-state index contributed by atoms with van der Waals surface area (Å²) in [4.78, 5) is 2.20. The highest BCUT2D eigenvalue weighted by atomic mass is 79.9. The van der Waals surface area contributed by atoms with Crippen LogP contribution in [0.3, 0.4) is 0 Å². The van der Waals surface area contributed by atoms with Gasteiger partial charge >= 0.3 is 0 Å². The van der Waals surface area contributed by atoms with Crippen molar-refractivity contribution in [2.45, 2.75) is 26.2 Å². The Kier molecular flexibility index (Phi) is 7.24. The van der Waals surface area contributed by atoms with E-state index >= 15 is 0 Å². The summed E-state index contributed by atoms with van der Waals surface area (Å²) >= 11 is 3.57. The van der Waals surface area contributed by atoms with Crippen LogP contribution in [0.1, 0.15) is 25.3 Å². The molecule has 0 aliphatic heterocycles. The average molecular weight is 330 g/mol. The van der Waals surface area contributed by atoms with E-state index in [0.29, 0.717) is 6.61 Å². The van der Waals surface area contributed by atoms with E-state index in [4.69, 9.17) is 9.47 Å². The number of methoxy groups -OCH3 is 1. The van der Waals surface area contributed by atoms with Crippen molar-refractivity contribution in [3.8, 4) is 11.5 Å². The number of ether oxygens (including phenoxy) is 2. The Hall–Kier alpha value is -0.740. The largest absolute Gasteiger partial charge is 0.493 e. The van der Waals surface area contributed by atoms with E-state index in [9.17, 15) is 0 Å². The van der Waals surface area contributed by atoms with E-state index in [1.54, 1.807) is 7.11 Å². The van der Waals surface area contributed by atoms with Crippen LogP contribution in [0.5, 0.6) is 11.5 Å². The van der Waals surface area contributed by atoms with Crippen LogP contribution in [0, 0.1) is 0 Å². The fraction of sp³-hybridized carbons (Fsp3) is 0.600. The van der Waals surface area contributed by atoms with Crippen LogP contribution in [-0.4, -0.2) is 39.3 Å². The number of benzene rings is 1. The molecule has 0 fully saturated rings. The highest BCUT2D eigenvalue weighted by Gasteiger charge is 2.11. The molecule has 1 aromatic carbocycles. The molecule has 0 unspecified atom stereocenters. The normalized spacial score (nSPS) is 10.8. The number of hydrogen-bond acceptors (Lipinski definition) is 3. The summed E-state index contributed by atoms with van der Waals surface area (Å²) in [5, 5.41) is 0. The molecule has 0 atom stereocenters. The van der Waals surface area contributed by atoms with E-state index in [2.05, 4.69) is 54.0 Å². The molecule has 0 aliphatic carbocycles. The zero-order valence-corrected chi connectivity index (χ0v) is 13.9. The maximum atomic E-state index is 5.73. The molecule has 0 N–H and O–H groups in total. The minimum absolute atomic E-state index is 0.703. The third-order valence-corrected chi connectivity index (χ3v) is 3.40. The van der Waals surface area contributed by atoms with E-state index in [-0.39, 0.29) is 0 Å². The Morgan fingerprint density at radius 2 is 2.00 bits per heavy atom. The van der Waals surface area contributed by atoms with Gasteiger partial charge in [-0.2, -0.15) is 0 Å². The first-order valence-corrected chi connectivity index (χ1v) is 7.51. The molecule has 0 bridgehead atoms. The third kappa shape index (κ3) is 5.41. The lowest BCUT2D eigenvalue weighted by Gasteiger charge is -2.14. The molecule has 4 heteroatoms. The van der Waals surface area contributed by atoms with Crippen LogP contribution in [0.2, 0.25) is 0 Å². The van der Waals surface area contributed by atoms with Gasteiger partial charge in [0.15, 0.2) is 11.5 Å². The van der Waals surface area contributed by atoms with Gasteiger partial charge in [0.05, 0.1) is 18.2 Å². The lowest BCUT2D eigenvalue weighted by Crippen LogP contribution is -2.13. The van der Waals surface area contributed by atoms with Gasteiger partial charge in [0.2, 0.25) is 0 Å². The van der Waals surface area contributed by atoms with Crippen LogP contribution in [0.15, 0.2) is 16.6 Å². The van der Waals surface area contributed by atoms with Crippen molar-refractivity contribution in [3.63, 3.8) is 0 Å². The molecule has 0 amide bonds. The Morgan fingerprint density at radius 3 is 2.58 bits per heavy atom. The van der Waals surface area contributed by atoms with E-state index < -0.39 is 0 Å². The van der Waals surface area contributed by atoms with Crippen molar-refractivity contribution >= 4 is 15.9 Å². The summed E-state index contributed by atoms with van der Waals surface area (Å²) < 4.78 is 12.1. The fourth-order valence-electron chi connectivity index (χ4n) is 1.86. The monoisotopic (exact) mass is 329 g/mol. The molecule has 0 saturated carbocycles. The summed E-state index contributed by atoms with van der Waals surface area (Å²) in [7, 11) is 5.88. The van der Waals surface area contributed by atoms with E-state index in [0.717, 1.165) is 41.8 Å². The number of rotatable bonds is 8. The number of halogens is 1. The summed E-state index contributed by atoms with van der Waals surface area (Å²) in [6.45, 7) is 3.89. The molecule has 3 nitrogen and oxygen atoms in total. The molecule has 0 heterocycles. The SMILES string of the molecule is CCCOc1c(Br)cc(CCCN(C)C)cc1OC. The second-order valence-electron chi connectivity index (χ2n) is 4.86. The second-order valence-corrected chi connectivity index (χ2v) is 5.72. The van der Waals surface area contributed by atoms with Crippen molar-refractivity contribution in [3.05, 3.63) is 22.2 Å². The second kappa shape index (κ2) is 8.43. The van der Waals surface area contributed by atoms with Crippen molar-refractivity contribution in [1.29, 1.82) is 0 Å². The van der Waals surface area contributed by atoms with Crippen LogP contribution in [0.4, 0.5) is 0 Å². The van der Waals surface area contributed by atoms with Gasteiger partial charge < -0.3 is 14.4 Å². The van der Waals surface area contributed by atoms with Gasteiger partial charge in [0.1, 0.15) is 0 Å². The Balaban J connectivity index is 2.77. The summed E-state index contributed by atoms with van der Waals surface area (Å²) in [6, 6.07) is 4.20. The van der Waals surface area contributed by atoms with Crippen LogP contribution in [-0.2, 0) is 6.42 Å². The number of nitrogens with zero attached hydrogens (tertiary/aromatic N) is 1. The standard InChI is InChI=1S/C15H24BrNO2/c1-5-9-19-15-13(16)10-12(11-14(15)18-4)7-6-8-17(2)3/h10-11H,5-9H2,1-4H3. The van der Waals surface area contributed by atoms with Crippen molar-refractivity contribution in [1.82, 2.24) is 4.90 Å². The average Bonchev–Trinajstić information content (AvgIpc) is 2.36. The maximum absolute atomic E-state index is 5.73. The van der Waals surface area contributed by atoms with Crippen molar-refractivity contribution < 1.29 is 9.47 Å². The molecular weight excluding hydrogens is 306 g/mol. The van der Waals surface area contributed by atoms with Gasteiger partial charge in [-0.25, -0.2) is 0 Å². The lowest BCUT2D eigenvalue weighted by molar-refractivity contribution is 0.292. The van der Waals surface area contributed by atoms with Crippen molar-refractivity contribution in [2.75, 3.05) is 34.4 Å². The minimum atomic E-state index is 0.703. The number of aryl methyl sites for hydroxylation is 1. The quantitative estimate of drug-likeness (QED) is 0.725. The summed E-state index contributed by atoms with van der Waals surface area (Å²) in [5.41, 5.74) is 1.27. The molecule has 1 aromatic rings.